The summed E-state index contributed by atoms with van der Waals surface area (Å²) in [5.74, 6) is -13.4. The Morgan fingerprint density at radius 2 is 1.45 bits per heavy atom. The molecule has 0 fully saturated rings. The minimum absolute atomic E-state index is 0.101. The van der Waals surface area contributed by atoms with Gasteiger partial charge in [0, 0.05) is 56.9 Å². The maximum absolute atomic E-state index is 15.0. The number of hydrogen-bond acceptors (Lipinski definition) is 17. The number of rotatable bonds is 12. The number of aromatic nitrogens is 1. The van der Waals surface area contributed by atoms with Gasteiger partial charge in [0.05, 0.1) is 36.2 Å². The second-order valence-corrected chi connectivity index (χ2v) is 18.9. The molecule has 1 aromatic heterocycles. The summed E-state index contributed by atoms with van der Waals surface area (Å²) in [5, 5.41) is 28.9. The van der Waals surface area contributed by atoms with Crippen LogP contribution < -0.4 is 47.7 Å². The van der Waals surface area contributed by atoms with Crippen molar-refractivity contribution in [2.75, 3.05) is 32.0 Å². The van der Waals surface area contributed by atoms with Crippen molar-refractivity contribution in [3.8, 4) is 5.75 Å². The number of primary amides is 1. The molecule has 9 amide bonds. The third-order valence-electron chi connectivity index (χ3n) is 11.9. The zero-order valence-electron chi connectivity index (χ0n) is 41.7. The van der Waals surface area contributed by atoms with Crippen molar-refractivity contribution in [3.63, 3.8) is 0 Å². The lowest BCUT2D eigenvalue weighted by molar-refractivity contribution is -0.161. The van der Waals surface area contributed by atoms with Gasteiger partial charge in [-0.15, -0.1) is 11.8 Å². The number of nitrogens with zero attached hydrogens (tertiary/aromatic N) is 1. The van der Waals surface area contributed by atoms with E-state index in [9.17, 15) is 62.6 Å². The van der Waals surface area contributed by atoms with E-state index in [1.54, 1.807) is 19.9 Å². The predicted molar refractivity (Wildman–Crippen MR) is 257 cm³/mol. The van der Waals surface area contributed by atoms with Crippen LogP contribution >= 0.6 is 11.8 Å². The van der Waals surface area contributed by atoms with E-state index >= 15 is 0 Å². The second-order valence-electron chi connectivity index (χ2n) is 17.8. The van der Waals surface area contributed by atoms with Crippen molar-refractivity contribution in [2.45, 2.75) is 128 Å². The number of hydrogen-bond donors (Lipinski definition) is 10. The van der Waals surface area contributed by atoms with Crippen LogP contribution in [0.15, 0.2) is 23.2 Å². The fourth-order valence-electron chi connectivity index (χ4n) is 7.90. The third-order valence-corrected chi connectivity index (χ3v) is 13.1. The lowest BCUT2D eigenvalue weighted by Crippen LogP contribution is -2.63. The fraction of sp³-hybridized carbons (Fsp3) is 0.565. The molecule has 2 aliphatic heterocycles. The molecule has 3 heterocycles. The van der Waals surface area contributed by atoms with E-state index in [2.05, 4.69) is 42.2 Å². The normalized spacial score (nSPS) is 23.8. The van der Waals surface area contributed by atoms with E-state index in [0.29, 0.717) is 22.9 Å². The number of H-pyrrole nitrogens is 1. The molecule has 2 aromatic rings. The molecular formula is C46H64N10O16S. The van der Waals surface area contributed by atoms with Crippen molar-refractivity contribution in [1.29, 1.82) is 0 Å². The average Bonchev–Trinajstić information content (AvgIpc) is 3.65. The van der Waals surface area contributed by atoms with Crippen LogP contribution in [-0.4, -0.2) is 167 Å². The first kappa shape index (κ1) is 58.3. The van der Waals surface area contributed by atoms with Crippen LogP contribution in [0.4, 0.5) is 0 Å². The number of β-amino-alcohol motifs (C(OH)–C–C–N with tert-alkyl or cyclic N) is 1. The van der Waals surface area contributed by atoms with Crippen LogP contribution in [-0.2, 0) is 73.4 Å². The number of benzene rings is 1. The summed E-state index contributed by atoms with van der Waals surface area (Å²) in [6, 6.07) is -5.34. The number of nitrogens with two attached hydrogens (primary N) is 1. The molecule has 11 N–H and O–H groups in total. The topological polar surface area (TPSA) is 382 Å². The number of carbonyl (C=O) groups is 12. The summed E-state index contributed by atoms with van der Waals surface area (Å²) in [5.41, 5.74) is 6.18. The highest BCUT2D eigenvalue weighted by molar-refractivity contribution is 7.99. The van der Waals surface area contributed by atoms with Gasteiger partial charge in [0.2, 0.25) is 53.2 Å². The van der Waals surface area contributed by atoms with Gasteiger partial charge in [-0.2, -0.15) is 0 Å². The zero-order valence-corrected chi connectivity index (χ0v) is 42.5. The Hall–Kier alpha value is -7.29. The highest BCUT2D eigenvalue weighted by Gasteiger charge is 2.41. The number of aliphatic hydroxyl groups is 1. The standard InChI is InChI=1S/C46H64N10O16S/c1-9-20(2)38-43(67)49-15-36(62)50-33-19-73-45-29(28-11-10-27(71-25(7)59)12-30(28)53-45)13-31(41(65)48-16-37(63)54-38)51-44(68)39(22(4)34(72-26(8)60)18-70-24(6)58)55-40(64)23(5)56(17-21(3)57)46(69)32(14-35(47)61)52-42(33)66/h10-12,20-23,31-34,38-39,53,57H,9,13-19H2,1-8H3,(H2,47,61)(H,48,65)(H,49,67)(H,50,62)(H,51,68)(H,52,66)(H,54,63)(H,55,64)/t20-,21+,22-,23-,31?,32?,33?,34-,38-,39-/m0/s1. The quantitative estimate of drug-likeness (QED) is 0.0751. The minimum atomic E-state index is -1.84. The molecule has 73 heavy (non-hydrogen) atoms. The Labute approximate surface area is 423 Å². The number of aromatic amines is 1. The summed E-state index contributed by atoms with van der Waals surface area (Å²) in [4.78, 5) is 167. The monoisotopic (exact) mass is 1040 g/mol. The summed E-state index contributed by atoms with van der Waals surface area (Å²) < 4.78 is 15.9. The number of ether oxygens (including phenoxy) is 3. The number of thioether (sulfide) groups is 1. The SMILES string of the molecule is CC[C@H](C)[C@@H]1NC(=O)CNC(=O)C2Cc3c([nH]c4cc(OC(C)=O)ccc34)SCC(NC(=O)CNC1=O)C(=O)NC(CC(N)=O)C(=O)N(C[C@@H](C)O)[C@@H](C)C(=O)N[C@@H]([C@@H](C)[C@H](COC(C)=O)OC(C)=O)C(=O)N2. The second kappa shape index (κ2) is 26.4. The molecule has 4 rings (SSSR count). The van der Waals surface area contributed by atoms with Crippen LogP contribution in [0.5, 0.6) is 5.75 Å². The summed E-state index contributed by atoms with van der Waals surface area (Å²) in [7, 11) is 0. The molecule has 27 heteroatoms. The van der Waals surface area contributed by atoms with Gasteiger partial charge >= 0.3 is 17.9 Å². The Bertz CT molecular complexity index is 2460. The lowest BCUT2D eigenvalue weighted by Gasteiger charge is -2.35. The van der Waals surface area contributed by atoms with Gasteiger partial charge in [0.1, 0.15) is 54.7 Å². The Kier molecular flexibility index (Phi) is 21.1. The predicted octanol–water partition coefficient (Wildman–Crippen LogP) is -2.94. The maximum atomic E-state index is 15.0. The molecule has 0 radical (unpaired) electrons. The van der Waals surface area contributed by atoms with Crippen LogP contribution in [0.3, 0.4) is 0 Å². The number of fused-ring (bicyclic) bond motifs is 4. The minimum Gasteiger partial charge on any atom is -0.462 e. The molecule has 0 saturated carbocycles. The van der Waals surface area contributed by atoms with Gasteiger partial charge in [-0.3, -0.25) is 57.5 Å². The fourth-order valence-corrected chi connectivity index (χ4v) is 9.02. The molecule has 10 atom stereocenters. The number of carbonyl (C=O) groups excluding carboxylic acids is 12. The average molecular weight is 1050 g/mol. The molecular weight excluding hydrogens is 981 g/mol. The molecule has 2 bridgehead atoms. The van der Waals surface area contributed by atoms with Gasteiger partial charge in [0.15, 0.2) is 0 Å². The van der Waals surface area contributed by atoms with Gasteiger partial charge in [0.25, 0.3) is 0 Å². The molecule has 0 aliphatic carbocycles. The van der Waals surface area contributed by atoms with Gasteiger partial charge in [-0.1, -0.05) is 27.2 Å². The summed E-state index contributed by atoms with van der Waals surface area (Å²) in [6.45, 7) is 7.87. The van der Waals surface area contributed by atoms with Crippen molar-refractivity contribution in [1.82, 2.24) is 47.1 Å². The van der Waals surface area contributed by atoms with E-state index in [1.807, 2.05) is 0 Å². The first-order chi connectivity index (χ1) is 34.3. The molecule has 26 nitrogen and oxygen atoms in total. The number of aliphatic hydroxyl groups excluding tert-OH is 1. The van der Waals surface area contributed by atoms with Gasteiger partial charge < -0.3 is 72.2 Å². The Balaban J connectivity index is 2.06. The van der Waals surface area contributed by atoms with Crippen molar-refractivity contribution in [3.05, 3.63) is 23.8 Å². The third kappa shape index (κ3) is 16.6. The number of esters is 3. The zero-order chi connectivity index (χ0) is 54.4. The van der Waals surface area contributed by atoms with Crippen LogP contribution in [0.25, 0.3) is 10.9 Å². The Morgan fingerprint density at radius 1 is 0.795 bits per heavy atom. The first-order valence-electron chi connectivity index (χ1n) is 23.4. The summed E-state index contributed by atoms with van der Waals surface area (Å²) in [6.07, 6.45) is -3.69. The molecule has 0 saturated heterocycles. The van der Waals surface area contributed by atoms with E-state index < -0.39 is 170 Å². The Morgan fingerprint density at radius 3 is 2.05 bits per heavy atom. The number of amides is 9. The molecule has 2 aliphatic rings. The molecule has 3 unspecified atom stereocenters. The maximum Gasteiger partial charge on any atom is 0.308 e. The number of nitrogens with one attached hydrogen (secondary N) is 8. The molecule has 400 valence electrons. The highest BCUT2D eigenvalue weighted by atomic mass is 32.2. The van der Waals surface area contributed by atoms with Gasteiger partial charge in [-0.05, 0) is 37.5 Å². The lowest BCUT2D eigenvalue weighted by atomic mass is 9.93. The first-order valence-corrected chi connectivity index (χ1v) is 24.4. The van der Waals surface area contributed by atoms with Crippen LogP contribution in [0.1, 0.15) is 73.8 Å². The van der Waals surface area contributed by atoms with E-state index in [-0.39, 0.29) is 16.5 Å². The molecule has 1 aromatic carbocycles. The largest absolute Gasteiger partial charge is 0.462 e. The van der Waals surface area contributed by atoms with Crippen LogP contribution in [0.2, 0.25) is 0 Å². The van der Waals surface area contributed by atoms with Crippen molar-refractivity contribution >= 4 is 93.7 Å². The smallest absolute Gasteiger partial charge is 0.308 e. The van der Waals surface area contributed by atoms with E-state index in [1.165, 1.54) is 39.8 Å². The van der Waals surface area contributed by atoms with E-state index in [4.69, 9.17) is 19.9 Å². The highest BCUT2D eigenvalue weighted by Crippen LogP contribution is 2.34. The van der Waals surface area contributed by atoms with Crippen molar-refractivity contribution in [2.24, 2.45) is 17.6 Å². The van der Waals surface area contributed by atoms with E-state index in [0.717, 1.165) is 30.5 Å². The van der Waals surface area contributed by atoms with Crippen LogP contribution in [0, 0.1) is 11.8 Å². The van der Waals surface area contributed by atoms with Crippen molar-refractivity contribution < 1.29 is 76.9 Å². The van der Waals surface area contributed by atoms with Gasteiger partial charge in [-0.25, -0.2) is 0 Å². The summed E-state index contributed by atoms with van der Waals surface area (Å²) >= 11 is 0.912. The molecule has 0 spiro atoms.